The Balaban J connectivity index is 1.72. The minimum Gasteiger partial charge on any atom is -0.316 e. The molecule has 2 unspecified atom stereocenters. The van der Waals surface area contributed by atoms with Gasteiger partial charge in [-0.3, -0.25) is 0 Å². The van der Waals surface area contributed by atoms with E-state index in [1.807, 2.05) is 0 Å². The summed E-state index contributed by atoms with van der Waals surface area (Å²) >= 11 is 0. The van der Waals surface area contributed by atoms with Crippen LogP contribution in [0.5, 0.6) is 0 Å². The standard InChI is InChI=1S/C30H46N2P2/c1-29(2,3)34(30(4,5)6)22-25-13-12-24(23-10-8-7-9-11-23)18-26(25)21-33(27-14-16-31-19-27)28-15-17-32-20-28/h7-13,18,27-28,31-32H,14-17,19-22H2,1-6H3. The molecule has 0 saturated carbocycles. The Morgan fingerprint density at radius 3 is 1.79 bits per heavy atom. The van der Waals surface area contributed by atoms with Gasteiger partial charge in [0.05, 0.1) is 0 Å². The van der Waals surface area contributed by atoms with Crippen LogP contribution in [-0.2, 0) is 12.3 Å². The van der Waals surface area contributed by atoms with Crippen molar-refractivity contribution >= 4 is 15.8 Å². The van der Waals surface area contributed by atoms with Crippen molar-refractivity contribution in [2.45, 2.75) is 88.3 Å². The molecule has 0 aliphatic carbocycles. The molecule has 2 fully saturated rings. The lowest BCUT2D eigenvalue weighted by Crippen LogP contribution is -2.26. The highest BCUT2D eigenvalue weighted by Gasteiger charge is 2.36. The number of hydrogen-bond acceptors (Lipinski definition) is 2. The molecule has 2 aliphatic rings. The molecule has 0 spiro atoms. The molecule has 2 atom stereocenters. The van der Waals surface area contributed by atoms with Gasteiger partial charge in [-0.1, -0.05) is 106 Å². The van der Waals surface area contributed by atoms with E-state index in [4.69, 9.17) is 0 Å². The summed E-state index contributed by atoms with van der Waals surface area (Å²) in [6, 6.07) is 18.5. The quantitative estimate of drug-likeness (QED) is 0.385. The summed E-state index contributed by atoms with van der Waals surface area (Å²) in [7, 11) is -0.198. The van der Waals surface area contributed by atoms with Crippen molar-refractivity contribution in [3.05, 3.63) is 59.7 Å². The predicted octanol–water partition coefficient (Wildman–Crippen LogP) is 7.64. The van der Waals surface area contributed by atoms with E-state index in [0.29, 0.717) is 10.3 Å². The fourth-order valence-electron chi connectivity index (χ4n) is 5.99. The van der Waals surface area contributed by atoms with Gasteiger partial charge in [-0.2, -0.15) is 0 Å². The van der Waals surface area contributed by atoms with Crippen molar-refractivity contribution in [2.75, 3.05) is 26.2 Å². The van der Waals surface area contributed by atoms with Gasteiger partial charge >= 0.3 is 0 Å². The Morgan fingerprint density at radius 1 is 0.706 bits per heavy atom. The second kappa shape index (κ2) is 11.1. The fourth-order valence-corrected chi connectivity index (χ4v) is 13.0. The van der Waals surface area contributed by atoms with E-state index in [-0.39, 0.29) is 15.8 Å². The second-order valence-electron chi connectivity index (χ2n) is 12.2. The largest absolute Gasteiger partial charge is 0.316 e. The van der Waals surface area contributed by atoms with Crippen LogP contribution in [0.25, 0.3) is 11.1 Å². The topological polar surface area (TPSA) is 24.1 Å². The Bertz CT molecular complexity index is 887. The molecule has 0 amide bonds. The number of nitrogens with one attached hydrogen (secondary N) is 2. The minimum absolute atomic E-state index is 0.0357. The molecule has 0 aromatic heterocycles. The second-order valence-corrected chi connectivity index (χ2v) is 18.9. The molecule has 2 nitrogen and oxygen atoms in total. The SMILES string of the molecule is CC(C)(C)P(Cc1ccc(-c2ccccc2)cc1CP(C1CCNC1)C1CCNC1)C(C)(C)C. The van der Waals surface area contributed by atoms with Crippen LogP contribution in [0.4, 0.5) is 0 Å². The first-order chi connectivity index (χ1) is 16.1. The van der Waals surface area contributed by atoms with E-state index < -0.39 is 0 Å². The van der Waals surface area contributed by atoms with Gasteiger partial charge < -0.3 is 10.6 Å². The van der Waals surface area contributed by atoms with Crippen LogP contribution in [-0.4, -0.2) is 47.8 Å². The molecule has 186 valence electrons. The molecular formula is C30H46N2P2. The normalized spacial score (nSPS) is 22.4. The Kier molecular flexibility index (Phi) is 8.57. The van der Waals surface area contributed by atoms with Crippen molar-refractivity contribution in [1.29, 1.82) is 0 Å². The summed E-state index contributed by atoms with van der Waals surface area (Å²) in [4.78, 5) is 0. The van der Waals surface area contributed by atoms with E-state index in [2.05, 4.69) is 101 Å². The smallest absolute Gasteiger partial charge is 0.00196 e. The van der Waals surface area contributed by atoms with Crippen molar-refractivity contribution in [3.8, 4) is 11.1 Å². The van der Waals surface area contributed by atoms with Crippen molar-refractivity contribution in [3.63, 3.8) is 0 Å². The monoisotopic (exact) mass is 496 g/mol. The van der Waals surface area contributed by atoms with Crippen LogP contribution in [0.1, 0.15) is 65.5 Å². The molecule has 4 rings (SSSR count). The molecular weight excluding hydrogens is 450 g/mol. The molecule has 4 heteroatoms. The van der Waals surface area contributed by atoms with Gasteiger partial charge in [0, 0.05) is 13.1 Å². The molecule has 2 heterocycles. The summed E-state index contributed by atoms with van der Waals surface area (Å²) in [6.45, 7) is 19.6. The van der Waals surface area contributed by atoms with Crippen molar-refractivity contribution < 1.29 is 0 Å². The Labute approximate surface area is 211 Å². The number of benzene rings is 2. The lowest BCUT2D eigenvalue weighted by Gasteiger charge is -2.42. The Morgan fingerprint density at radius 2 is 1.29 bits per heavy atom. The molecule has 2 aromatic rings. The summed E-state index contributed by atoms with van der Waals surface area (Å²) < 4.78 is 0. The first-order valence-corrected chi connectivity index (χ1v) is 16.4. The maximum Gasteiger partial charge on any atom is 0.00196 e. The van der Waals surface area contributed by atoms with Gasteiger partial charge in [0.15, 0.2) is 0 Å². The molecule has 2 N–H and O–H groups in total. The van der Waals surface area contributed by atoms with E-state index in [1.165, 1.54) is 62.5 Å². The third kappa shape index (κ3) is 6.50. The van der Waals surface area contributed by atoms with E-state index in [9.17, 15) is 0 Å². The molecule has 2 aromatic carbocycles. The third-order valence-corrected chi connectivity index (χ3v) is 15.0. The summed E-state index contributed by atoms with van der Waals surface area (Å²) in [5.41, 5.74) is 7.75. The molecule has 34 heavy (non-hydrogen) atoms. The highest BCUT2D eigenvalue weighted by atomic mass is 31.1. The zero-order chi connectivity index (χ0) is 24.3. The van der Waals surface area contributed by atoms with Gasteiger partial charge in [-0.05, 0) is 82.1 Å². The van der Waals surface area contributed by atoms with Crippen molar-refractivity contribution in [1.82, 2.24) is 10.6 Å². The summed E-state index contributed by atoms with van der Waals surface area (Å²) in [6.07, 6.45) is 5.27. The zero-order valence-electron chi connectivity index (χ0n) is 22.3. The predicted molar refractivity (Wildman–Crippen MR) is 155 cm³/mol. The van der Waals surface area contributed by atoms with Crippen LogP contribution in [0.15, 0.2) is 48.5 Å². The maximum absolute atomic E-state index is 3.68. The summed E-state index contributed by atoms with van der Waals surface area (Å²) in [5.74, 6) is 0. The first-order valence-electron chi connectivity index (χ1n) is 13.2. The van der Waals surface area contributed by atoms with Crippen LogP contribution in [0, 0.1) is 0 Å². The number of hydrogen-bond donors (Lipinski definition) is 2. The average molecular weight is 497 g/mol. The van der Waals surface area contributed by atoms with Gasteiger partial charge in [-0.25, -0.2) is 0 Å². The lowest BCUT2D eigenvalue weighted by molar-refractivity contribution is 0.702. The van der Waals surface area contributed by atoms with E-state index in [0.717, 1.165) is 11.3 Å². The molecule has 0 bridgehead atoms. The highest BCUT2D eigenvalue weighted by molar-refractivity contribution is 7.60. The Hall–Kier alpha value is -0.780. The third-order valence-electron chi connectivity index (χ3n) is 7.62. The minimum atomic E-state index is -0.162. The molecule has 2 saturated heterocycles. The van der Waals surface area contributed by atoms with E-state index >= 15 is 0 Å². The van der Waals surface area contributed by atoms with Gasteiger partial charge in [0.2, 0.25) is 0 Å². The van der Waals surface area contributed by atoms with Crippen LogP contribution < -0.4 is 10.6 Å². The molecule has 0 radical (unpaired) electrons. The average Bonchev–Trinajstić information content (AvgIpc) is 3.50. The van der Waals surface area contributed by atoms with E-state index in [1.54, 1.807) is 11.1 Å². The lowest BCUT2D eigenvalue weighted by atomic mass is 10.0. The van der Waals surface area contributed by atoms with Crippen LogP contribution >= 0.6 is 15.8 Å². The van der Waals surface area contributed by atoms with Gasteiger partial charge in [-0.15, -0.1) is 0 Å². The first kappa shape index (κ1) is 26.3. The zero-order valence-corrected chi connectivity index (χ0v) is 24.1. The highest BCUT2D eigenvalue weighted by Crippen LogP contribution is 2.62. The fraction of sp³-hybridized carbons (Fsp3) is 0.600. The van der Waals surface area contributed by atoms with Crippen LogP contribution in [0.3, 0.4) is 0 Å². The maximum atomic E-state index is 3.68. The van der Waals surface area contributed by atoms with Gasteiger partial charge in [0.1, 0.15) is 0 Å². The van der Waals surface area contributed by atoms with Crippen LogP contribution in [0.2, 0.25) is 0 Å². The number of rotatable bonds is 7. The summed E-state index contributed by atoms with van der Waals surface area (Å²) in [5, 5.41) is 8.06. The van der Waals surface area contributed by atoms with Gasteiger partial charge in [0.25, 0.3) is 0 Å². The van der Waals surface area contributed by atoms with Crippen molar-refractivity contribution in [2.24, 2.45) is 0 Å². The molecule has 2 aliphatic heterocycles.